The van der Waals surface area contributed by atoms with Gasteiger partial charge in [0.2, 0.25) is 0 Å². The van der Waals surface area contributed by atoms with E-state index in [1.54, 1.807) is 0 Å². The number of para-hydroxylation sites is 3. The summed E-state index contributed by atoms with van der Waals surface area (Å²) in [7, 11) is 0. The van der Waals surface area contributed by atoms with E-state index in [1.807, 2.05) is 0 Å². The van der Waals surface area contributed by atoms with Gasteiger partial charge in [-0.05, 0) is 105 Å². The standard InChI is InChI=1S/C52H36N2/c1-3-14-38(15-4-1)46-24-12-16-40-17-13-25-47(52(40)46)39-30-34-43(35-31-39)53(42-19-5-2-6-20-42)45-21-11-18-41(36-45)37-28-32-44(33-29-37)54-50-26-9-7-22-48(50)49-23-8-10-27-51(49)54/h1-36H. The first-order valence-electron chi connectivity index (χ1n) is 18.5. The first-order valence-corrected chi connectivity index (χ1v) is 18.5. The third-order valence-electron chi connectivity index (χ3n) is 10.6. The Labute approximate surface area is 315 Å². The van der Waals surface area contributed by atoms with E-state index in [1.165, 1.54) is 66.0 Å². The minimum Gasteiger partial charge on any atom is -0.310 e. The minimum atomic E-state index is 1.10. The smallest absolute Gasteiger partial charge is 0.0541 e. The second kappa shape index (κ2) is 13.4. The predicted octanol–water partition coefficient (Wildman–Crippen LogP) is 14.4. The Balaban J connectivity index is 1.02. The van der Waals surface area contributed by atoms with Crippen molar-refractivity contribution in [1.82, 2.24) is 4.57 Å². The molecule has 2 heteroatoms. The predicted molar refractivity (Wildman–Crippen MR) is 229 cm³/mol. The van der Waals surface area contributed by atoms with Gasteiger partial charge in [-0.3, -0.25) is 0 Å². The van der Waals surface area contributed by atoms with Crippen LogP contribution in [0, 0.1) is 0 Å². The highest BCUT2D eigenvalue weighted by Gasteiger charge is 2.16. The molecule has 2 nitrogen and oxygen atoms in total. The quantitative estimate of drug-likeness (QED) is 0.162. The lowest BCUT2D eigenvalue weighted by atomic mass is 9.91. The number of nitrogens with zero attached hydrogens (tertiary/aromatic N) is 2. The molecule has 0 N–H and O–H groups in total. The molecule has 10 aromatic rings. The zero-order valence-corrected chi connectivity index (χ0v) is 29.7. The SMILES string of the molecule is c1ccc(-c2cccc3cccc(-c4ccc(N(c5ccccc5)c5cccc(-c6ccc(-n7c8ccccc8c8ccccc87)cc6)c5)cc4)c23)cc1. The Bertz CT molecular complexity index is 2850. The number of aromatic nitrogens is 1. The summed E-state index contributed by atoms with van der Waals surface area (Å²) in [5.41, 5.74) is 14.2. The molecule has 0 saturated carbocycles. The van der Waals surface area contributed by atoms with Crippen LogP contribution in [0.3, 0.4) is 0 Å². The fourth-order valence-electron chi connectivity index (χ4n) is 8.08. The summed E-state index contributed by atoms with van der Waals surface area (Å²) < 4.78 is 2.37. The molecule has 1 aromatic heterocycles. The van der Waals surface area contributed by atoms with Crippen molar-refractivity contribution in [2.24, 2.45) is 0 Å². The van der Waals surface area contributed by atoms with Gasteiger partial charge < -0.3 is 9.47 Å². The number of hydrogen-bond acceptors (Lipinski definition) is 1. The highest BCUT2D eigenvalue weighted by molar-refractivity contribution is 6.09. The highest BCUT2D eigenvalue weighted by atomic mass is 15.1. The fraction of sp³-hybridized carbons (Fsp3) is 0. The van der Waals surface area contributed by atoms with Crippen LogP contribution in [0.5, 0.6) is 0 Å². The molecule has 0 atom stereocenters. The fourth-order valence-corrected chi connectivity index (χ4v) is 8.08. The van der Waals surface area contributed by atoms with Crippen LogP contribution in [0.15, 0.2) is 218 Å². The number of fused-ring (bicyclic) bond motifs is 4. The molecule has 0 aliphatic carbocycles. The summed E-state index contributed by atoms with van der Waals surface area (Å²) in [5, 5.41) is 5.06. The van der Waals surface area contributed by atoms with Crippen LogP contribution in [0.2, 0.25) is 0 Å². The summed E-state index contributed by atoms with van der Waals surface area (Å²) in [5.74, 6) is 0. The maximum Gasteiger partial charge on any atom is 0.0541 e. The molecule has 54 heavy (non-hydrogen) atoms. The molecule has 0 aliphatic heterocycles. The number of anilines is 3. The molecule has 0 aliphatic rings. The number of rotatable bonds is 7. The molecule has 0 radical (unpaired) electrons. The van der Waals surface area contributed by atoms with E-state index in [-0.39, 0.29) is 0 Å². The van der Waals surface area contributed by atoms with Gasteiger partial charge in [-0.25, -0.2) is 0 Å². The monoisotopic (exact) mass is 688 g/mol. The van der Waals surface area contributed by atoms with E-state index in [4.69, 9.17) is 0 Å². The second-order valence-corrected chi connectivity index (χ2v) is 13.8. The van der Waals surface area contributed by atoms with Gasteiger partial charge in [-0.2, -0.15) is 0 Å². The summed E-state index contributed by atoms with van der Waals surface area (Å²) in [4.78, 5) is 2.35. The van der Waals surface area contributed by atoms with Crippen LogP contribution in [-0.2, 0) is 0 Å². The zero-order valence-electron chi connectivity index (χ0n) is 29.7. The van der Waals surface area contributed by atoms with Gasteiger partial charge in [0.05, 0.1) is 11.0 Å². The number of hydrogen-bond donors (Lipinski definition) is 0. The van der Waals surface area contributed by atoms with Crippen LogP contribution in [0.1, 0.15) is 0 Å². The molecule has 0 unspecified atom stereocenters. The van der Waals surface area contributed by atoms with Gasteiger partial charge in [0.1, 0.15) is 0 Å². The van der Waals surface area contributed by atoms with Gasteiger partial charge in [-0.1, -0.05) is 158 Å². The van der Waals surface area contributed by atoms with E-state index in [0.29, 0.717) is 0 Å². The van der Waals surface area contributed by atoms with Crippen molar-refractivity contribution >= 4 is 49.6 Å². The molecule has 1 heterocycles. The van der Waals surface area contributed by atoms with Crippen LogP contribution in [-0.4, -0.2) is 4.57 Å². The Morgan fingerprint density at radius 1 is 0.315 bits per heavy atom. The lowest BCUT2D eigenvalue weighted by molar-refractivity contribution is 1.18. The maximum absolute atomic E-state index is 2.37. The molecule has 0 fully saturated rings. The Hall–Kier alpha value is -7.16. The van der Waals surface area contributed by atoms with Crippen LogP contribution >= 0.6 is 0 Å². The van der Waals surface area contributed by atoms with E-state index >= 15 is 0 Å². The molecule has 0 saturated heterocycles. The first kappa shape index (κ1) is 31.6. The summed E-state index contributed by atoms with van der Waals surface area (Å²) in [6, 6.07) is 78.7. The molecule has 9 aromatic carbocycles. The second-order valence-electron chi connectivity index (χ2n) is 13.8. The van der Waals surface area contributed by atoms with Crippen molar-refractivity contribution in [3.05, 3.63) is 218 Å². The average Bonchev–Trinajstić information content (AvgIpc) is 3.59. The van der Waals surface area contributed by atoms with Crippen LogP contribution in [0.25, 0.3) is 71.6 Å². The molecule has 0 spiro atoms. The maximum atomic E-state index is 2.37. The van der Waals surface area contributed by atoms with Crippen molar-refractivity contribution < 1.29 is 0 Å². The Morgan fingerprint density at radius 2 is 0.796 bits per heavy atom. The van der Waals surface area contributed by atoms with Crippen LogP contribution < -0.4 is 4.90 Å². The zero-order chi connectivity index (χ0) is 35.8. The van der Waals surface area contributed by atoms with Crippen molar-refractivity contribution in [1.29, 1.82) is 0 Å². The summed E-state index contributed by atoms with van der Waals surface area (Å²) in [6.45, 7) is 0. The number of benzene rings is 9. The van der Waals surface area contributed by atoms with Crippen molar-refractivity contribution in [2.75, 3.05) is 4.90 Å². The van der Waals surface area contributed by atoms with Gasteiger partial charge in [0.15, 0.2) is 0 Å². The van der Waals surface area contributed by atoms with Crippen molar-refractivity contribution in [2.45, 2.75) is 0 Å². The Kier molecular flexibility index (Phi) is 7.85. The lowest BCUT2D eigenvalue weighted by Crippen LogP contribution is -2.09. The van der Waals surface area contributed by atoms with Crippen molar-refractivity contribution in [3.8, 4) is 39.1 Å². The topological polar surface area (TPSA) is 8.17 Å². The summed E-state index contributed by atoms with van der Waals surface area (Å²) in [6.07, 6.45) is 0. The minimum absolute atomic E-state index is 1.10. The van der Waals surface area contributed by atoms with E-state index in [0.717, 1.165) is 22.7 Å². The van der Waals surface area contributed by atoms with Gasteiger partial charge in [0, 0.05) is 33.5 Å². The third-order valence-corrected chi connectivity index (χ3v) is 10.6. The lowest BCUT2D eigenvalue weighted by Gasteiger charge is -2.26. The van der Waals surface area contributed by atoms with Gasteiger partial charge in [0.25, 0.3) is 0 Å². The molecule has 0 bridgehead atoms. The van der Waals surface area contributed by atoms with Crippen molar-refractivity contribution in [3.63, 3.8) is 0 Å². The summed E-state index contributed by atoms with van der Waals surface area (Å²) >= 11 is 0. The van der Waals surface area contributed by atoms with Crippen LogP contribution in [0.4, 0.5) is 17.1 Å². The normalized spacial score (nSPS) is 11.3. The molecular formula is C52H36N2. The van der Waals surface area contributed by atoms with E-state index in [9.17, 15) is 0 Å². The van der Waals surface area contributed by atoms with E-state index in [2.05, 4.69) is 228 Å². The first-order chi connectivity index (χ1) is 26.8. The molecular weight excluding hydrogens is 653 g/mol. The largest absolute Gasteiger partial charge is 0.310 e. The molecule has 254 valence electrons. The third kappa shape index (κ3) is 5.53. The highest BCUT2D eigenvalue weighted by Crippen LogP contribution is 2.40. The van der Waals surface area contributed by atoms with Gasteiger partial charge in [-0.15, -0.1) is 0 Å². The Morgan fingerprint density at radius 3 is 1.44 bits per heavy atom. The molecule has 10 rings (SSSR count). The average molecular weight is 689 g/mol. The van der Waals surface area contributed by atoms with Gasteiger partial charge >= 0.3 is 0 Å². The molecule has 0 amide bonds. The van der Waals surface area contributed by atoms with E-state index < -0.39 is 0 Å².